The molecule has 0 unspecified atom stereocenters. The number of benzene rings is 2. The summed E-state index contributed by atoms with van der Waals surface area (Å²) in [4.78, 5) is 19.0. The normalized spacial score (nSPS) is 13.3. The molecule has 2 amide bonds. The number of halogens is 1. The molecule has 1 heterocycles. The monoisotopic (exact) mass is 357 g/mol. The van der Waals surface area contributed by atoms with Gasteiger partial charge in [0, 0.05) is 23.7 Å². The van der Waals surface area contributed by atoms with Crippen LogP contribution in [-0.2, 0) is 0 Å². The maximum absolute atomic E-state index is 12.9. The van der Waals surface area contributed by atoms with Crippen LogP contribution in [0.15, 0.2) is 53.5 Å². The topological polar surface area (TPSA) is 53.9 Å². The summed E-state index contributed by atoms with van der Waals surface area (Å²) >= 11 is 6.00. The summed E-state index contributed by atoms with van der Waals surface area (Å²) in [7, 11) is 0. The summed E-state index contributed by atoms with van der Waals surface area (Å²) in [5.41, 5.74) is 1.40. The quantitative estimate of drug-likeness (QED) is 0.839. The van der Waals surface area contributed by atoms with E-state index in [2.05, 4.69) is 10.3 Å². The molecule has 0 saturated carbocycles. The van der Waals surface area contributed by atoms with Crippen molar-refractivity contribution in [3.63, 3.8) is 0 Å². The highest BCUT2D eigenvalue weighted by Crippen LogP contribution is 2.24. The molecule has 0 spiro atoms. The lowest BCUT2D eigenvalue weighted by molar-refractivity contribution is 0.259. The fraction of sp³-hybridized carbons (Fsp3) is 0.263. The predicted molar refractivity (Wildman–Crippen MR) is 102 cm³/mol. The van der Waals surface area contributed by atoms with E-state index in [-0.39, 0.29) is 6.03 Å². The molecule has 2 aromatic rings. The molecule has 0 fully saturated rings. The molecule has 130 valence electrons. The third-order valence-corrected chi connectivity index (χ3v) is 4.03. The van der Waals surface area contributed by atoms with Crippen LogP contribution in [0.5, 0.6) is 5.75 Å². The van der Waals surface area contributed by atoms with Gasteiger partial charge >= 0.3 is 6.03 Å². The first kappa shape index (κ1) is 17.3. The number of carbonyl (C=O) groups is 1. The Hall–Kier alpha value is -2.53. The van der Waals surface area contributed by atoms with E-state index in [9.17, 15) is 4.79 Å². The molecule has 25 heavy (non-hydrogen) atoms. The van der Waals surface area contributed by atoms with E-state index < -0.39 is 0 Å². The van der Waals surface area contributed by atoms with Crippen LogP contribution >= 0.6 is 11.6 Å². The van der Waals surface area contributed by atoms with Crippen molar-refractivity contribution in [2.45, 2.75) is 19.8 Å². The molecule has 3 rings (SSSR count). The molecule has 0 atom stereocenters. The van der Waals surface area contributed by atoms with Gasteiger partial charge in [0.05, 0.1) is 12.3 Å². The Bertz CT molecular complexity index is 774. The number of hydrogen-bond donors (Lipinski definition) is 1. The van der Waals surface area contributed by atoms with Crippen LogP contribution in [0.2, 0.25) is 5.02 Å². The molecule has 0 aliphatic carbocycles. The number of amides is 2. The maximum Gasteiger partial charge on any atom is 0.331 e. The summed E-state index contributed by atoms with van der Waals surface area (Å²) < 4.78 is 5.47. The number of ether oxygens (including phenoxy) is 1. The molecule has 0 bridgehead atoms. The van der Waals surface area contributed by atoms with Gasteiger partial charge in [0.2, 0.25) is 0 Å². The number of hydrogen-bond acceptors (Lipinski definition) is 3. The fourth-order valence-corrected chi connectivity index (χ4v) is 2.88. The average Bonchev–Trinajstić information content (AvgIpc) is 3.11. The standard InChI is InChI=1S/C19H20ClN3O2/c1-2-25-17-10-8-16(9-11-17)23(18-7-4-12-21-18)19(24)22-15-6-3-5-14(20)13-15/h3,5-6,8-11,13H,2,4,7,12H2,1H3,(H,22,24). The first-order chi connectivity index (χ1) is 12.2. The molecule has 0 radical (unpaired) electrons. The van der Waals surface area contributed by atoms with E-state index >= 15 is 0 Å². The van der Waals surface area contributed by atoms with Crippen LogP contribution in [0, 0.1) is 0 Å². The van der Waals surface area contributed by atoms with Crippen molar-refractivity contribution in [1.29, 1.82) is 0 Å². The van der Waals surface area contributed by atoms with Crippen molar-refractivity contribution < 1.29 is 9.53 Å². The van der Waals surface area contributed by atoms with Crippen molar-refractivity contribution in [3.8, 4) is 5.75 Å². The van der Waals surface area contributed by atoms with Crippen LogP contribution in [0.4, 0.5) is 16.2 Å². The summed E-state index contributed by atoms with van der Waals surface area (Å²) in [5.74, 6) is 1.54. The number of aliphatic imine (C=N–C) groups is 1. The van der Waals surface area contributed by atoms with Gasteiger partial charge in [-0.3, -0.25) is 9.89 Å². The fourth-order valence-electron chi connectivity index (χ4n) is 2.69. The van der Waals surface area contributed by atoms with Crippen LogP contribution in [0.25, 0.3) is 0 Å². The van der Waals surface area contributed by atoms with E-state index in [1.807, 2.05) is 31.2 Å². The van der Waals surface area contributed by atoms with Gasteiger partial charge in [0.25, 0.3) is 0 Å². The number of carbonyl (C=O) groups excluding carboxylic acids is 1. The van der Waals surface area contributed by atoms with Crippen molar-refractivity contribution in [2.24, 2.45) is 4.99 Å². The molecule has 1 aliphatic rings. The van der Waals surface area contributed by atoms with Crippen LogP contribution in [-0.4, -0.2) is 25.0 Å². The highest BCUT2D eigenvalue weighted by molar-refractivity contribution is 6.31. The first-order valence-electron chi connectivity index (χ1n) is 8.30. The van der Waals surface area contributed by atoms with Gasteiger partial charge in [0.1, 0.15) is 11.6 Å². The van der Waals surface area contributed by atoms with Crippen LogP contribution < -0.4 is 15.0 Å². The second-order valence-electron chi connectivity index (χ2n) is 5.60. The lowest BCUT2D eigenvalue weighted by atomic mass is 10.2. The number of nitrogens with one attached hydrogen (secondary N) is 1. The zero-order valence-corrected chi connectivity index (χ0v) is 14.8. The molecule has 1 N–H and O–H groups in total. The van der Waals surface area contributed by atoms with E-state index in [0.717, 1.165) is 36.7 Å². The highest BCUT2D eigenvalue weighted by Gasteiger charge is 2.24. The SMILES string of the molecule is CCOc1ccc(N(C(=O)Nc2cccc(Cl)c2)C2=NCCC2)cc1. The van der Waals surface area contributed by atoms with Crippen LogP contribution in [0.3, 0.4) is 0 Å². The van der Waals surface area contributed by atoms with Gasteiger partial charge in [-0.25, -0.2) is 4.79 Å². The molecule has 6 heteroatoms. The van der Waals surface area contributed by atoms with Crippen molar-refractivity contribution in [3.05, 3.63) is 53.6 Å². The number of amidine groups is 1. The number of nitrogens with zero attached hydrogens (tertiary/aromatic N) is 2. The smallest absolute Gasteiger partial charge is 0.331 e. The molecule has 2 aromatic carbocycles. The summed E-state index contributed by atoms with van der Waals surface area (Å²) in [6.07, 6.45) is 1.73. The average molecular weight is 358 g/mol. The third kappa shape index (κ3) is 4.31. The minimum absolute atomic E-state index is 0.257. The Morgan fingerprint density at radius 1 is 1.28 bits per heavy atom. The summed E-state index contributed by atoms with van der Waals surface area (Å²) in [6, 6.07) is 14.3. The zero-order valence-electron chi connectivity index (χ0n) is 14.0. The Labute approximate surface area is 152 Å². The van der Waals surface area contributed by atoms with Crippen molar-refractivity contribution >= 4 is 34.8 Å². The van der Waals surface area contributed by atoms with Gasteiger partial charge in [-0.1, -0.05) is 17.7 Å². The Morgan fingerprint density at radius 2 is 2.08 bits per heavy atom. The second kappa shape index (κ2) is 8.03. The lowest BCUT2D eigenvalue weighted by Gasteiger charge is -2.23. The largest absolute Gasteiger partial charge is 0.494 e. The van der Waals surface area contributed by atoms with E-state index in [1.54, 1.807) is 29.2 Å². The number of urea groups is 1. The first-order valence-corrected chi connectivity index (χ1v) is 8.68. The zero-order chi connectivity index (χ0) is 17.6. The van der Waals surface area contributed by atoms with Crippen molar-refractivity contribution in [2.75, 3.05) is 23.4 Å². The van der Waals surface area contributed by atoms with Crippen LogP contribution in [0.1, 0.15) is 19.8 Å². The van der Waals surface area contributed by atoms with Gasteiger partial charge in [-0.2, -0.15) is 0 Å². The Balaban J connectivity index is 1.85. The van der Waals surface area contributed by atoms with Gasteiger partial charge < -0.3 is 10.1 Å². The molecule has 0 aromatic heterocycles. The summed E-state index contributed by atoms with van der Waals surface area (Å²) in [6.45, 7) is 3.28. The van der Waals surface area contributed by atoms with Gasteiger partial charge in [0.15, 0.2) is 0 Å². The second-order valence-corrected chi connectivity index (χ2v) is 6.04. The van der Waals surface area contributed by atoms with E-state index in [4.69, 9.17) is 16.3 Å². The van der Waals surface area contributed by atoms with E-state index in [1.165, 1.54) is 0 Å². The molecule has 5 nitrogen and oxygen atoms in total. The molecular weight excluding hydrogens is 338 g/mol. The third-order valence-electron chi connectivity index (χ3n) is 3.80. The number of anilines is 2. The predicted octanol–water partition coefficient (Wildman–Crippen LogP) is 4.97. The van der Waals surface area contributed by atoms with Crippen molar-refractivity contribution in [1.82, 2.24) is 0 Å². The molecular formula is C19H20ClN3O2. The molecule has 1 aliphatic heterocycles. The lowest BCUT2D eigenvalue weighted by Crippen LogP contribution is -2.39. The van der Waals surface area contributed by atoms with Gasteiger partial charge in [-0.15, -0.1) is 0 Å². The summed E-state index contributed by atoms with van der Waals surface area (Å²) in [5, 5.41) is 3.46. The molecule has 0 saturated heterocycles. The minimum Gasteiger partial charge on any atom is -0.494 e. The highest BCUT2D eigenvalue weighted by atomic mass is 35.5. The maximum atomic E-state index is 12.9. The number of rotatable bonds is 4. The Kier molecular flexibility index (Phi) is 5.56. The minimum atomic E-state index is -0.257. The van der Waals surface area contributed by atoms with E-state index in [0.29, 0.717) is 17.3 Å². The van der Waals surface area contributed by atoms with Gasteiger partial charge in [-0.05, 0) is 55.8 Å². The Morgan fingerprint density at radius 3 is 2.72 bits per heavy atom.